The van der Waals surface area contributed by atoms with Crippen LogP contribution >= 0.6 is 0 Å². The molecule has 2 rings (SSSR count). The van der Waals surface area contributed by atoms with Crippen LogP contribution < -0.4 is 11.1 Å². The number of benzene rings is 1. The van der Waals surface area contributed by atoms with Crippen LogP contribution in [0.2, 0.25) is 0 Å². The Bertz CT molecular complexity index is 345. The Kier molecular flexibility index (Phi) is 3.85. The van der Waals surface area contributed by atoms with E-state index in [1.165, 1.54) is 18.4 Å². The predicted molar refractivity (Wildman–Crippen MR) is 73.0 cm³/mol. The normalized spacial score (nSPS) is 24.8. The Labute approximate surface area is 105 Å². The van der Waals surface area contributed by atoms with Gasteiger partial charge in [0.25, 0.3) is 0 Å². The van der Waals surface area contributed by atoms with E-state index < -0.39 is 0 Å². The van der Waals surface area contributed by atoms with Crippen molar-refractivity contribution in [1.29, 1.82) is 0 Å². The smallest absolute Gasteiger partial charge is 0.0128 e. The highest BCUT2D eigenvalue weighted by atomic mass is 15.0. The summed E-state index contributed by atoms with van der Waals surface area (Å²) in [5, 5.41) is 3.59. The molecule has 2 nitrogen and oxygen atoms in total. The van der Waals surface area contributed by atoms with Crippen molar-refractivity contribution in [3.05, 3.63) is 35.9 Å². The lowest BCUT2D eigenvalue weighted by Crippen LogP contribution is -2.31. The summed E-state index contributed by atoms with van der Waals surface area (Å²) in [4.78, 5) is 0. The average Bonchev–Trinajstić information content (AvgIpc) is 2.67. The van der Waals surface area contributed by atoms with Crippen LogP contribution in [0, 0.1) is 5.92 Å². The first-order chi connectivity index (χ1) is 8.11. The highest BCUT2D eigenvalue weighted by Crippen LogP contribution is 2.31. The molecule has 0 bridgehead atoms. The van der Waals surface area contributed by atoms with Gasteiger partial charge in [0, 0.05) is 5.54 Å². The molecule has 2 heteroatoms. The van der Waals surface area contributed by atoms with Crippen LogP contribution in [0.3, 0.4) is 0 Å². The molecule has 0 spiro atoms. The highest BCUT2D eigenvalue weighted by molar-refractivity contribution is 5.20. The molecule has 0 amide bonds. The third-order valence-electron chi connectivity index (χ3n) is 3.84. The Hall–Kier alpha value is -0.860. The number of hydrogen-bond acceptors (Lipinski definition) is 2. The monoisotopic (exact) mass is 232 g/mol. The fraction of sp³-hybridized carbons (Fsp3) is 0.600. The molecule has 94 valence electrons. The number of hydrogen-bond donors (Lipinski definition) is 2. The molecule has 1 aromatic rings. The minimum Gasteiger partial charge on any atom is -0.330 e. The molecule has 17 heavy (non-hydrogen) atoms. The van der Waals surface area contributed by atoms with Crippen molar-refractivity contribution >= 4 is 0 Å². The van der Waals surface area contributed by atoms with Gasteiger partial charge in [-0.1, -0.05) is 30.3 Å². The maximum atomic E-state index is 5.93. The zero-order chi connectivity index (χ0) is 12.3. The maximum absolute atomic E-state index is 5.93. The zero-order valence-electron chi connectivity index (χ0n) is 10.9. The van der Waals surface area contributed by atoms with Crippen LogP contribution in [0.4, 0.5) is 0 Å². The summed E-state index contributed by atoms with van der Waals surface area (Å²) in [6, 6.07) is 10.7. The van der Waals surface area contributed by atoms with Crippen molar-refractivity contribution in [3.63, 3.8) is 0 Å². The van der Waals surface area contributed by atoms with E-state index in [2.05, 4.69) is 49.5 Å². The number of nitrogens with two attached hydrogens (primary N) is 1. The molecule has 1 aliphatic rings. The second kappa shape index (κ2) is 5.19. The van der Waals surface area contributed by atoms with Gasteiger partial charge >= 0.3 is 0 Å². The molecule has 1 aromatic carbocycles. The van der Waals surface area contributed by atoms with Crippen LogP contribution in [0.5, 0.6) is 0 Å². The van der Waals surface area contributed by atoms with Gasteiger partial charge in [0.15, 0.2) is 0 Å². The first-order valence-corrected chi connectivity index (χ1v) is 6.61. The minimum absolute atomic E-state index is 0.306. The predicted octanol–water partition coefficient (Wildman–Crippen LogP) is 2.51. The molecular weight excluding hydrogens is 208 g/mol. The lowest BCUT2D eigenvalue weighted by molar-refractivity contribution is 0.415. The fourth-order valence-electron chi connectivity index (χ4n) is 2.95. The summed E-state index contributed by atoms with van der Waals surface area (Å²) in [6.45, 7) is 6.46. The van der Waals surface area contributed by atoms with E-state index in [1.807, 2.05) is 0 Å². The zero-order valence-corrected chi connectivity index (χ0v) is 10.9. The molecule has 2 unspecified atom stereocenters. The van der Waals surface area contributed by atoms with Crippen LogP contribution in [0.25, 0.3) is 0 Å². The van der Waals surface area contributed by atoms with Crippen molar-refractivity contribution in [3.8, 4) is 0 Å². The number of rotatable bonds is 4. The van der Waals surface area contributed by atoms with E-state index in [1.54, 1.807) is 0 Å². The standard InChI is InChI=1S/C15H24N2/c1-15(2)9-12(11-17-15)8-14(10-16)13-6-4-3-5-7-13/h3-7,12,14,17H,8-11,16H2,1-2H3. The number of nitrogens with one attached hydrogen (secondary N) is 1. The van der Waals surface area contributed by atoms with Crippen molar-refractivity contribution < 1.29 is 0 Å². The summed E-state index contributed by atoms with van der Waals surface area (Å²) in [5.41, 5.74) is 7.62. The molecule has 1 fully saturated rings. The Morgan fingerprint density at radius 2 is 2.06 bits per heavy atom. The first-order valence-electron chi connectivity index (χ1n) is 6.61. The van der Waals surface area contributed by atoms with Crippen LogP contribution in [-0.4, -0.2) is 18.6 Å². The summed E-state index contributed by atoms with van der Waals surface area (Å²) in [5.74, 6) is 1.27. The van der Waals surface area contributed by atoms with Gasteiger partial charge in [-0.3, -0.25) is 0 Å². The molecular formula is C15H24N2. The van der Waals surface area contributed by atoms with E-state index in [0.717, 1.165) is 19.0 Å². The van der Waals surface area contributed by atoms with E-state index in [4.69, 9.17) is 5.73 Å². The van der Waals surface area contributed by atoms with E-state index in [0.29, 0.717) is 11.5 Å². The van der Waals surface area contributed by atoms with Gasteiger partial charge in [0.05, 0.1) is 0 Å². The SMILES string of the molecule is CC1(C)CC(CC(CN)c2ccccc2)CN1. The molecule has 2 atom stereocenters. The van der Waals surface area contributed by atoms with Gasteiger partial charge in [0.1, 0.15) is 0 Å². The summed E-state index contributed by atoms with van der Waals surface area (Å²) in [6.07, 6.45) is 2.47. The lowest BCUT2D eigenvalue weighted by atomic mass is 9.86. The van der Waals surface area contributed by atoms with Gasteiger partial charge in [-0.05, 0) is 57.2 Å². The van der Waals surface area contributed by atoms with Crippen LogP contribution in [0.1, 0.15) is 38.2 Å². The minimum atomic E-state index is 0.306. The Balaban J connectivity index is 1.97. The Morgan fingerprint density at radius 3 is 2.59 bits per heavy atom. The maximum Gasteiger partial charge on any atom is 0.0128 e. The van der Waals surface area contributed by atoms with E-state index in [-0.39, 0.29) is 0 Å². The largest absolute Gasteiger partial charge is 0.330 e. The summed E-state index contributed by atoms with van der Waals surface area (Å²) < 4.78 is 0. The van der Waals surface area contributed by atoms with E-state index >= 15 is 0 Å². The van der Waals surface area contributed by atoms with Crippen molar-refractivity contribution in [2.45, 2.75) is 38.1 Å². The fourth-order valence-corrected chi connectivity index (χ4v) is 2.95. The molecule has 1 saturated heterocycles. The summed E-state index contributed by atoms with van der Waals surface area (Å²) >= 11 is 0. The molecule has 0 saturated carbocycles. The van der Waals surface area contributed by atoms with Crippen LogP contribution in [-0.2, 0) is 0 Å². The first kappa shape index (κ1) is 12.6. The van der Waals surface area contributed by atoms with E-state index in [9.17, 15) is 0 Å². The second-order valence-electron chi connectivity index (χ2n) is 5.91. The molecule has 1 heterocycles. The van der Waals surface area contributed by atoms with Crippen molar-refractivity contribution in [2.75, 3.05) is 13.1 Å². The average molecular weight is 232 g/mol. The molecule has 0 aromatic heterocycles. The topological polar surface area (TPSA) is 38.0 Å². The molecule has 0 aliphatic carbocycles. The molecule has 0 radical (unpaired) electrons. The van der Waals surface area contributed by atoms with Gasteiger partial charge in [0.2, 0.25) is 0 Å². The quantitative estimate of drug-likeness (QED) is 0.837. The molecule has 1 aliphatic heterocycles. The molecule has 3 N–H and O–H groups in total. The van der Waals surface area contributed by atoms with Crippen molar-refractivity contribution in [2.24, 2.45) is 11.7 Å². The summed E-state index contributed by atoms with van der Waals surface area (Å²) in [7, 11) is 0. The van der Waals surface area contributed by atoms with Crippen molar-refractivity contribution in [1.82, 2.24) is 5.32 Å². The third kappa shape index (κ3) is 3.30. The third-order valence-corrected chi connectivity index (χ3v) is 3.84. The lowest BCUT2D eigenvalue weighted by Gasteiger charge is -2.20. The van der Waals surface area contributed by atoms with Gasteiger partial charge in [-0.2, -0.15) is 0 Å². The van der Waals surface area contributed by atoms with Gasteiger partial charge in [-0.15, -0.1) is 0 Å². The van der Waals surface area contributed by atoms with Gasteiger partial charge < -0.3 is 11.1 Å². The Morgan fingerprint density at radius 1 is 1.35 bits per heavy atom. The van der Waals surface area contributed by atoms with Crippen LogP contribution in [0.15, 0.2) is 30.3 Å². The highest BCUT2D eigenvalue weighted by Gasteiger charge is 2.31. The van der Waals surface area contributed by atoms with Gasteiger partial charge in [-0.25, -0.2) is 0 Å². The second-order valence-corrected chi connectivity index (χ2v) is 5.91.